The highest BCUT2D eigenvalue weighted by molar-refractivity contribution is 9.10. The monoisotopic (exact) mass is 529 g/mol. The van der Waals surface area contributed by atoms with Crippen LogP contribution in [0.1, 0.15) is 36.7 Å². The molecule has 0 radical (unpaired) electrons. The molecule has 0 aromatic heterocycles. The van der Waals surface area contributed by atoms with E-state index in [9.17, 15) is 14.7 Å². The number of nitrogens with zero attached hydrogens (tertiary/aromatic N) is 1. The molecule has 2 aromatic rings. The highest BCUT2D eigenvalue weighted by Crippen LogP contribution is 2.35. The van der Waals surface area contributed by atoms with Gasteiger partial charge in [0.1, 0.15) is 6.04 Å². The van der Waals surface area contributed by atoms with Crippen molar-refractivity contribution in [2.75, 3.05) is 6.61 Å². The number of ether oxygens (including phenoxy) is 1. The van der Waals surface area contributed by atoms with E-state index in [-0.39, 0.29) is 22.3 Å². The average molecular weight is 531 g/mol. The van der Waals surface area contributed by atoms with Gasteiger partial charge in [-0.3, -0.25) is 9.59 Å². The van der Waals surface area contributed by atoms with Crippen molar-refractivity contribution in [1.29, 1.82) is 0 Å². The molecule has 0 saturated heterocycles. The number of amides is 2. The third kappa shape index (κ3) is 6.85. The van der Waals surface area contributed by atoms with Crippen molar-refractivity contribution < 1.29 is 19.4 Å². The van der Waals surface area contributed by atoms with Crippen LogP contribution in [0.3, 0.4) is 0 Å². The van der Waals surface area contributed by atoms with E-state index in [1.165, 1.54) is 24.4 Å². The first kappa shape index (κ1) is 25.0. The van der Waals surface area contributed by atoms with Crippen LogP contribution < -0.4 is 15.5 Å². The zero-order valence-electron chi connectivity index (χ0n) is 17.1. The van der Waals surface area contributed by atoms with Gasteiger partial charge in [0, 0.05) is 5.56 Å². The molecule has 7 nitrogen and oxygen atoms in total. The SMILES string of the molecule is CCOc1cc(C=NNC(=O)C(NC(=O)c2ccc(Cl)c(Cl)c2)C(C)C)cc(Br)c1O. The van der Waals surface area contributed by atoms with E-state index < -0.39 is 17.9 Å². The quantitative estimate of drug-likeness (QED) is 0.338. The van der Waals surface area contributed by atoms with Crippen molar-refractivity contribution in [1.82, 2.24) is 10.7 Å². The maximum atomic E-state index is 12.6. The number of hydrogen-bond acceptors (Lipinski definition) is 5. The van der Waals surface area contributed by atoms with Gasteiger partial charge in [0.05, 0.1) is 27.3 Å². The van der Waals surface area contributed by atoms with Gasteiger partial charge in [-0.05, 0) is 64.7 Å². The van der Waals surface area contributed by atoms with Crippen molar-refractivity contribution >= 4 is 57.2 Å². The number of halogens is 3. The molecule has 0 saturated carbocycles. The number of phenols is 1. The molecule has 0 heterocycles. The Labute approximate surface area is 198 Å². The van der Waals surface area contributed by atoms with Crippen LogP contribution in [0.25, 0.3) is 0 Å². The molecule has 0 spiro atoms. The standard InChI is InChI=1S/C21H22BrCl2N3O4/c1-4-31-17-8-12(7-14(22)19(17)28)10-25-27-21(30)18(11(2)3)26-20(29)13-5-6-15(23)16(24)9-13/h5-11,18,28H,4H2,1-3H3,(H,26,29)(H,27,30). The first-order valence-electron chi connectivity index (χ1n) is 9.38. The molecule has 0 bridgehead atoms. The van der Waals surface area contributed by atoms with Crippen molar-refractivity contribution in [3.05, 3.63) is 56.0 Å². The van der Waals surface area contributed by atoms with Crippen LogP contribution in [-0.4, -0.2) is 35.8 Å². The summed E-state index contributed by atoms with van der Waals surface area (Å²) in [7, 11) is 0. The summed E-state index contributed by atoms with van der Waals surface area (Å²) in [4.78, 5) is 25.1. The van der Waals surface area contributed by atoms with Gasteiger partial charge >= 0.3 is 0 Å². The van der Waals surface area contributed by atoms with Crippen molar-refractivity contribution in [3.63, 3.8) is 0 Å². The van der Waals surface area contributed by atoms with Gasteiger partial charge in [0.2, 0.25) is 0 Å². The summed E-state index contributed by atoms with van der Waals surface area (Å²) in [6.45, 7) is 5.78. The van der Waals surface area contributed by atoms with Gasteiger partial charge in [0.25, 0.3) is 11.8 Å². The Morgan fingerprint density at radius 1 is 1.23 bits per heavy atom. The van der Waals surface area contributed by atoms with E-state index >= 15 is 0 Å². The third-order valence-electron chi connectivity index (χ3n) is 4.16. The summed E-state index contributed by atoms with van der Waals surface area (Å²) in [5, 5.41) is 17.2. The maximum Gasteiger partial charge on any atom is 0.262 e. The minimum atomic E-state index is -0.829. The molecular weight excluding hydrogens is 509 g/mol. The second-order valence-electron chi connectivity index (χ2n) is 6.84. The molecule has 2 aromatic carbocycles. The zero-order valence-corrected chi connectivity index (χ0v) is 20.2. The van der Waals surface area contributed by atoms with Crippen LogP contribution in [-0.2, 0) is 4.79 Å². The molecule has 166 valence electrons. The van der Waals surface area contributed by atoms with Crippen LogP contribution >= 0.6 is 39.1 Å². The number of hydrogen-bond donors (Lipinski definition) is 3. The summed E-state index contributed by atoms with van der Waals surface area (Å²) in [6.07, 6.45) is 1.41. The minimum Gasteiger partial charge on any atom is -0.503 e. The van der Waals surface area contributed by atoms with E-state index in [0.29, 0.717) is 27.4 Å². The van der Waals surface area contributed by atoms with Crippen molar-refractivity contribution in [2.45, 2.75) is 26.8 Å². The number of carbonyl (C=O) groups excluding carboxylic acids is 2. The molecule has 0 aliphatic rings. The van der Waals surface area contributed by atoms with E-state index in [0.717, 1.165) is 0 Å². The number of hydrazone groups is 1. The van der Waals surface area contributed by atoms with Crippen LogP contribution in [0.15, 0.2) is 39.9 Å². The van der Waals surface area contributed by atoms with Gasteiger partial charge in [-0.15, -0.1) is 0 Å². The van der Waals surface area contributed by atoms with Crippen LogP contribution in [0.2, 0.25) is 10.0 Å². The highest BCUT2D eigenvalue weighted by Gasteiger charge is 2.24. The molecule has 1 unspecified atom stereocenters. The van der Waals surface area contributed by atoms with Crippen molar-refractivity contribution in [3.8, 4) is 11.5 Å². The molecule has 31 heavy (non-hydrogen) atoms. The molecular formula is C21H22BrCl2N3O4. The molecule has 0 fully saturated rings. The topological polar surface area (TPSA) is 100 Å². The first-order valence-corrected chi connectivity index (χ1v) is 10.9. The Morgan fingerprint density at radius 2 is 1.94 bits per heavy atom. The predicted molar refractivity (Wildman–Crippen MR) is 125 cm³/mol. The van der Waals surface area contributed by atoms with Gasteiger partial charge in [-0.1, -0.05) is 37.0 Å². The van der Waals surface area contributed by atoms with E-state index in [1.54, 1.807) is 32.9 Å². The number of carbonyl (C=O) groups is 2. The summed E-state index contributed by atoms with van der Waals surface area (Å²) in [5.41, 5.74) is 3.30. The Kier molecular flexibility index (Phi) is 9.15. The summed E-state index contributed by atoms with van der Waals surface area (Å²) >= 11 is 15.1. The maximum absolute atomic E-state index is 12.6. The number of aromatic hydroxyl groups is 1. The summed E-state index contributed by atoms with van der Waals surface area (Å²) in [5.74, 6) is -0.872. The Balaban J connectivity index is 2.09. The van der Waals surface area contributed by atoms with Crippen LogP contribution in [0.4, 0.5) is 0 Å². The fraction of sp³-hybridized carbons (Fsp3) is 0.286. The Hall–Kier alpha value is -2.29. The van der Waals surface area contributed by atoms with Crippen LogP contribution in [0.5, 0.6) is 11.5 Å². The lowest BCUT2D eigenvalue weighted by molar-refractivity contribution is -0.123. The van der Waals surface area contributed by atoms with E-state index in [4.69, 9.17) is 27.9 Å². The smallest absolute Gasteiger partial charge is 0.262 e. The van der Waals surface area contributed by atoms with E-state index in [2.05, 4.69) is 31.8 Å². The summed E-state index contributed by atoms with van der Waals surface area (Å²) in [6, 6.07) is 6.86. The lowest BCUT2D eigenvalue weighted by Crippen LogP contribution is -2.48. The van der Waals surface area contributed by atoms with Gasteiger partial charge < -0.3 is 15.2 Å². The number of nitrogens with one attached hydrogen (secondary N) is 2. The average Bonchev–Trinajstić information content (AvgIpc) is 2.71. The lowest BCUT2D eigenvalue weighted by atomic mass is 10.0. The van der Waals surface area contributed by atoms with Crippen LogP contribution in [0, 0.1) is 5.92 Å². The predicted octanol–water partition coefficient (Wildman–Crippen LogP) is 4.76. The molecule has 0 aliphatic carbocycles. The molecule has 2 amide bonds. The molecule has 10 heteroatoms. The second kappa shape index (κ2) is 11.4. The Morgan fingerprint density at radius 3 is 2.55 bits per heavy atom. The zero-order chi connectivity index (χ0) is 23.1. The minimum absolute atomic E-state index is 0.0204. The molecule has 3 N–H and O–H groups in total. The van der Waals surface area contributed by atoms with Gasteiger partial charge in [-0.2, -0.15) is 5.10 Å². The molecule has 0 aliphatic heterocycles. The molecule has 1 atom stereocenters. The Bertz CT molecular complexity index is 999. The fourth-order valence-electron chi connectivity index (χ4n) is 2.57. The lowest BCUT2D eigenvalue weighted by Gasteiger charge is -2.20. The summed E-state index contributed by atoms with van der Waals surface area (Å²) < 4.78 is 5.79. The largest absolute Gasteiger partial charge is 0.503 e. The number of rotatable bonds is 8. The van der Waals surface area contributed by atoms with Crippen molar-refractivity contribution in [2.24, 2.45) is 11.0 Å². The highest BCUT2D eigenvalue weighted by atomic mass is 79.9. The normalized spacial score (nSPS) is 12.1. The second-order valence-corrected chi connectivity index (χ2v) is 8.51. The van der Waals surface area contributed by atoms with E-state index in [1.807, 2.05) is 0 Å². The third-order valence-corrected chi connectivity index (χ3v) is 5.50. The number of phenolic OH excluding ortho intramolecular Hbond substituents is 1. The first-order chi connectivity index (χ1) is 14.6. The van der Waals surface area contributed by atoms with Gasteiger partial charge in [0.15, 0.2) is 11.5 Å². The molecule has 2 rings (SSSR count). The van der Waals surface area contributed by atoms with Gasteiger partial charge in [-0.25, -0.2) is 5.43 Å². The number of benzene rings is 2. The fourth-order valence-corrected chi connectivity index (χ4v) is 3.33.